The largest absolute Gasteiger partial charge is 0.493 e. The molecule has 0 amide bonds. The Balaban J connectivity index is 1.57. The number of Topliss-reactive ketones (excluding diaryl/α,β-unsaturated/α-hetero) is 1. The van der Waals surface area contributed by atoms with E-state index in [4.69, 9.17) is 14.2 Å². The molecule has 0 spiro atoms. The zero-order valence-corrected chi connectivity index (χ0v) is 21.3. The highest BCUT2D eigenvalue weighted by Gasteiger charge is 2.26. The van der Waals surface area contributed by atoms with E-state index in [2.05, 4.69) is 27.6 Å². The Morgan fingerprint density at radius 2 is 1.92 bits per heavy atom. The Kier molecular flexibility index (Phi) is 7.44. The minimum Gasteiger partial charge on any atom is -0.493 e. The average Bonchev–Trinajstić information content (AvgIpc) is 3.23. The number of nitro benzene ring substituents is 1. The first-order valence-electron chi connectivity index (χ1n) is 10.6. The summed E-state index contributed by atoms with van der Waals surface area (Å²) in [7, 11) is 1.48. The number of rotatable bonds is 8. The summed E-state index contributed by atoms with van der Waals surface area (Å²) in [6, 6.07) is 16.6. The Bertz CT molecular complexity index is 1430. The standard InChI is InChI=1S/C26H19IN2O7/c1-15-10-18(8-9-21(15)29(32)33)25-28-20(26(31)36-25)12-16-11-19(27)24(23(13-16)34-2)35-14-22(30)17-6-4-3-5-7-17/h3-13H,14H2,1-2H3/b20-12-. The fraction of sp³-hybridized carbons (Fsp3) is 0.115. The predicted octanol–water partition coefficient (Wildman–Crippen LogP) is 5.12. The third kappa shape index (κ3) is 5.43. The molecule has 0 saturated heterocycles. The molecule has 0 fully saturated rings. The van der Waals surface area contributed by atoms with Crippen LogP contribution < -0.4 is 9.47 Å². The summed E-state index contributed by atoms with van der Waals surface area (Å²) in [6.07, 6.45) is 1.54. The molecule has 3 aromatic carbocycles. The van der Waals surface area contributed by atoms with Gasteiger partial charge >= 0.3 is 5.97 Å². The van der Waals surface area contributed by atoms with Crippen molar-refractivity contribution in [3.8, 4) is 11.5 Å². The van der Waals surface area contributed by atoms with Gasteiger partial charge < -0.3 is 14.2 Å². The number of aliphatic imine (C=N–C) groups is 1. The van der Waals surface area contributed by atoms with Crippen LogP contribution in [0.2, 0.25) is 0 Å². The summed E-state index contributed by atoms with van der Waals surface area (Å²) in [5.74, 6) is 0.0333. The molecule has 1 heterocycles. The molecule has 0 unspecified atom stereocenters. The predicted molar refractivity (Wildman–Crippen MR) is 140 cm³/mol. The highest BCUT2D eigenvalue weighted by molar-refractivity contribution is 14.1. The van der Waals surface area contributed by atoms with Crippen LogP contribution in [-0.4, -0.2) is 36.3 Å². The van der Waals surface area contributed by atoms with E-state index in [1.165, 1.54) is 25.3 Å². The van der Waals surface area contributed by atoms with E-state index in [1.54, 1.807) is 49.4 Å². The summed E-state index contributed by atoms with van der Waals surface area (Å²) < 4.78 is 17.2. The van der Waals surface area contributed by atoms with Crippen molar-refractivity contribution < 1.29 is 28.7 Å². The molecular formula is C26H19IN2O7. The van der Waals surface area contributed by atoms with Crippen LogP contribution in [0.15, 0.2) is 71.4 Å². The number of nitro groups is 1. The third-order valence-corrected chi connectivity index (χ3v) is 6.06. The minimum absolute atomic E-state index is 0.0334. The molecule has 1 aliphatic rings. The van der Waals surface area contributed by atoms with E-state index in [0.717, 1.165) is 0 Å². The molecule has 10 heteroatoms. The van der Waals surface area contributed by atoms with Gasteiger partial charge in [-0.05, 0) is 65.4 Å². The first-order chi connectivity index (χ1) is 17.3. The smallest absolute Gasteiger partial charge is 0.363 e. The molecule has 0 bridgehead atoms. The molecule has 3 aromatic rings. The number of aryl methyl sites for hydroxylation is 1. The summed E-state index contributed by atoms with van der Waals surface area (Å²) in [5, 5.41) is 11.0. The van der Waals surface area contributed by atoms with Crippen molar-refractivity contribution in [1.29, 1.82) is 0 Å². The maximum atomic E-state index is 12.4. The normalized spacial score (nSPS) is 13.8. The molecule has 182 valence electrons. The SMILES string of the molecule is COc1cc(/C=C2\N=C(c3ccc([N+](=O)[O-])c(C)c3)OC2=O)cc(I)c1OCC(=O)c1ccccc1. The van der Waals surface area contributed by atoms with Crippen LogP contribution in [0.5, 0.6) is 11.5 Å². The molecule has 1 aliphatic heterocycles. The second-order valence-electron chi connectivity index (χ2n) is 7.71. The number of benzene rings is 3. The number of carbonyl (C=O) groups is 2. The summed E-state index contributed by atoms with van der Waals surface area (Å²) in [5.41, 5.74) is 2.06. The van der Waals surface area contributed by atoms with Crippen LogP contribution in [0.4, 0.5) is 5.69 Å². The number of carbonyl (C=O) groups excluding carboxylic acids is 2. The topological polar surface area (TPSA) is 117 Å². The molecule has 0 aliphatic carbocycles. The molecular weight excluding hydrogens is 579 g/mol. The van der Waals surface area contributed by atoms with Crippen molar-refractivity contribution in [2.75, 3.05) is 13.7 Å². The van der Waals surface area contributed by atoms with Crippen LogP contribution in [-0.2, 0) is 9.53 Å². The molecule has 9 nitrogen and oxygen atoms in total. The number of esters is 1. The van der Waals surface area contributed by atoms with Crippen LogP contribution in [0.25, 0.3) is 6.08 Å². The van der Waals surface area contributed by atoms with Gasteiger partial charge in [-0.3, -0.25) is 14.9 Å². The molecule has 4 rings (SSSR count). The first kappa shape index (κ1) is 25.0. The lowest BCUT2D eigenvalue weighted by Crippen LogP contribution is -2.12. The molecule has 0 saturated carbocycles. The van der Waals surface area contributed by atoms with Crippen LogP contribution in [0.3, 0.4) is 0 Å². The quantitative estimate of drug-likeness (QED) is 0.0882. The lowest BCUT2D eigenvalue weighted by Gasteiger charge is -2.13. The number of hydrogen-bond donors (Lipinski definition) is 0. The van der Waals surface area contributed by atoms with Gasteiger partial charge in [-0.25, -0.2) is 9.79 Å². The summed E-state index contributed by atoms with van der Waals surface area (Å²) in [6.45, 7) is 1.44. The van der Waals surface area contributed by atoms with Crippen LogP contribution >= 0.6 is 22.6 Å². The lowest BCUT2D eigenvalue weighted by molar-refractivity contribution is -0.385. The van der Waals surface area contributed by atoms with Gasteiger partial charge in [0.2, 0.25) is 5.90 Å². The van der Waals surface area contributed by atoms with Crippen LogP contribution in [0.1, 0.15) is 27.0 Å². The molecule has 0 radical (unpaired) electrons. The highest BCUT2D eigenvalue weighted by atomic mass is 127. The van der Waals surface area contributed by atoms with Crippen molar-refractivity contribution in [1.82, 2.24) is 0 Å². The number of ether oxygens (including phenoxy) is 3. The number of halogens is 1. The zero-order valence-electron chi connectivity index (χ0n) is 19.2. The van der Waals surface area contributed by atoms with Gasteiger partial charge in [0.25, 0.3) is 5.69 Å². The van der Waals surface area contributed by atoms with E-state index in [0.29, 0.717) is 37.3 Å². The van der Waals surface area contributed by atoms with Gasteiger partial charge in [0.05, 0.1) is 15.6 Å². The highest BCUT2D eigenvalue weighted by Crippen LogP contribution is 2.35. The van der Waals surface area contributed by atoms with Gasteiger partial charge in [-0.1, -0.05) is 30.3 Å². The lowest BCUT2D eigenvalue weighted by atomic mass is 10.1. The Labute approximate surface area is 219 Å². The van der Waals surface area contributed by atoms with Crippen molar-refractivity contribution in [3.05, 3.63) is 102 Å². The van der Waals surface area contributed by atoms with Crippen molar-refractivity contribution >= 4 is 52.0 Å². The Morgan fingerprint density at radius 3 is 2.58 bits per heavy atom. The fourth-order valence-corrected chi connectivity index (χ4v) is 4.27. The number of ketones is 1. The first-order valence-corrected chi connectivity index (χ1v) is 11.7. The van der Waals surface area contributed by atoms with Gasteiger partial charge in [0, 0.05) is 22.8 Å². The maximum absolute atomic E-state index is 12.4. The van der Waals surface area contributed by atoms with Crippen LogP contribution in [0, 0.1) is 20.6 Å². The van der Waals surface area contributed by atoms with E-state index < -0.39 is 10.9 Å². The maximum Gasteiger partial charge on any atom is 0.363 e. The number of methoxy groups -OCH3 is 1. The Hall–Kier alpha value is -4.06. The summed E-state index contributed by atoms with van der Waals surface area (Å²) in [4.78, 5) is 39.7. The van der Waals surface area contributed by atoms with Gasteiger partial charge in [-0.2, -0.15) is 0 Å². The van der Waals surface area contributed by atoms with E-state index >= 15 is 0 Å². The van der Waals surface area contributed by atoms with Crippen molar-refractivity contribution in [2.24, 2.45) is 4.99 Å². The van der Waals surface area contributed by atoms with Crippen molar-refractivity contribution in [2.45, 2.75) is 6.92 Å². The third-order valence-electron chi connectivity index (χ3n) is 5.26. The minimum atomic E-state index is -0.649. The zero-order chi connectivity index (χ0) is 25.8. The fourth-order valence-electron chi connectivity index (χ4n) is 3.49. The summed E-state index contributed by atoms with van der Waals surface area (Å²) >= 11 is 2.06. The molecule has 0 atom stereocenters. The van der Waals surface area contributed by atoms with E-state index in [-0.39, 0.29) is 29.7 Å². The number of nitrogens with zero attached hydrogens (tertiary/aromatic N) is 2. The molecule has 36 heavy (non-hydrogen) atoms. The van der Waals surface area contributed by atoms with E-state index in [1.807, 2.05) is 6.07 Å². The van der Waals surface area contributed by atoms with Gasteiger partial charge in [-0.15, -0.1) is 0 Å². The second-order valence-corrected chi connectivity index (χ2v) is 8.87. The average molecular weight is 598 g/mol. The van der Waals surface area contributed by atoms with Gasteiger partial charge in [0.1, 0.15) is 0 Å². The van der Waals surface area contributed by atoms with Crippen molar-refractivity contribution in [3.63, 3.8) is 0 Å². The second kappa shape index (κ2) is 10.7. The van der Waals surface area contributed by atoms with E-state index in [9.17, 15) is 19.7 Å². The number of hydrogen-bond acceptors (Lipinski definition) is 8. The monoisotopic (exact) mass is 598 g/mol. The number of cyclic esters (lactones) is 1. The van der Waals surface area contributed by atoms with Gasteiger partial charge in [0.15, 0.2) is 29.6 Å². The Morgan fingerprint density at radius 1 is 1.17 bits per heavy atom. The molecule has 0 aromatic heterocycles. The molecule has 0 N–H and O–H groups in total.